The molecule has 2 amide bonds. The molecule has 1 aliphatic rings. The van der Waals surface area contributed by atoms with Crippen molar-refractivity contribution in [1.82, 2.24) is 15.2 Å². The van der Waals surface area contributed by atoms with Gasteiger partial charge in [0, 0.05) is 19.3 Å². The van der Waals surface area contributed by atoms with E-state index in [0.717, 1.165) is 12.0 Å². The number of nitrogens with one attached hydrogen (secondary N) is 1. The summed E-state index contributed by atoms with van der Waals surface area (Å²) in [6.07, 6.45) is 2.61. The van der Waals surface area contributed by atoms with Crippen LogP contribution in [-0.4, -0.2) is 40.1 Å². The van der Waals surface area contributed by atoms with Crippen molar-refractivity contribution in [2.24, 2.45) is 0 Å². The van der Waals surface area contributed by atoms with E-state index in [0.29, 0.717) is 24.7 Å². The number of hydrogen-bond donors (Lipinski definition) is 1. The van der Waals surface area contributed by atoms with Gasteiger partial charge in [0.15, 0.2) is 0 Å². The number of rotatable bonds is 3. The molecule has 1 saturated heterocycles. The molecule has 1 aromatic rings. The number of pyridine rings is 1. The maximum Gasteiger partial charge on any atom is 0.410 e. The molecule has 0 radical (unpaired) electrons. The Morgan fingerprint density at radius 2 is 2.17 bits per heavy atom. The van der Waals surface area contributed by atoms with Crippen LogP contribution in [0.1, 0.15) is 39.2 Å². The molecule has 6 nitrogen and oxygen atoms in total. The molecule has 0 aliphatic carbocycles. The standard InChI is InChI=1S/C16H22ClN3O3/c1-16(2,3)23-15(22)20-8-4-5-12(20)14(21)19-10-11-6-7-13(17)18-9-11/h6-7,9,12H,4-5,8,10H2,1-3H3,(H,19,21). The molecule has 7 heteroatoms. The minimum Gasteiger partial charge on any atom is -0.444 e. The zero-order valence-corrected chi connectivity index (χ0v) is 14.4. The Balaban J connectivity index is 1.92. The van der Waals surface area contributed by atoms with E-state index in [-0.39, 0.29) is 5.91 Å². The molecule has 0 aromatic carbocycles. The number of ether oxygens (including phenoxy) is 1. The van der Waals surface area contributed by atoms with Crippen LogP contribution < -0.4 is 5.32 Å². The van der Waals surface area contributed by atoms with Gasteiger partial charge in [-0.1, -0.05) is 17.7 Å². The molecule has 2 heterocycles. The van der Waals surface area contributed by atoms with Gasteiger partial charge in [-0.25, -0.2) is 9.78 Å². The number of hydrogen-bond acceptors (Lipinski definition) is 4. The lowest BCUT2D eigenvalue weighted by Gasteiger charge is -2.28. The summed E-state index contributed by atoms with van der Waals surface area (Å²) in [6, 6.07) is 2.99. The number of carbonyl (C=O) groups is 2. The molecule has 2 rings (SSSR count). The van der Waals surface area contributed by atoms with Crippen LogP contribution in [0, 0.1) is 0 Å². The molecule has 1 aliphatic heterocycles. The second kappa shape index (κ2) is 7.17. The lowest BCUT2D eigenvalue weighted by atomic mass is 10.2. The Kier molecular flexibility index (Phi) is 5.46. The van der Waals surface area contributed by atoms with Crippen LogP contribution in [0.15, 0.2) is 18.3 Å². The van der Waals surface area contributed by atoms with Gasteiger partial charge < -0.3 is 10.1 Å². The number of amides is 2. The van der Waals surface area contributed by atoms with E-state index < -0.39 is 17.7 Å². The van der Waals surface area contributed by atoms with Gasteiger partial charge in [-0.2, -0.15) is 0 Å². The summed E-state index contributed by atoms with van der Waals surface area (Å²) in [5.41, 5.74) is 0.278. The van der Waals surface area contributed by atoms with Crippen LogP contribution in [0.25, 0.3) is 0 Å². The van der Waals surface area contributed by atoms with Crippen molar-refractivity contribution in [1.29, 1.82) is 0 Å². The summed E-state index contributed by atoms with van der Waals surface area (Å²) in [7, 11) is 0. The quantitative estimate of drug-likeness (QED) is 0.859. The highest BCUT2D eigenvalue weighted by molar-refractivity contribution is 6.29. The van der Waals surface area contributed by atoms with Crippen LogP contribution in [-0.2, 0) is 16.1 Å². The smallest absolute Gasteiger partial charge is 0.410 e. The van der Waals surface area contributed by atoms with Crippen LogP contribution in [0.2, 0.25) is 5.15 Å². The highest BCUT2D eigenvalue weighted by Gasteiger charge is 2.36. The topological polar surface area (TPSA) is 71.5 Å². The molecule has 0 spiro atoms. The number of aromatic nitrogens is 1. The van der Waals surface area contributed by atoms with Gasteiger partial charge in [0.25, 0.3) is 0 Å². The lowest BCUT2D eigenvalue weighted by Crippen LogP contribution is -2.47. The molecule has 126 valence electrons. The third kappa shape index (κ3) is 5.10. The third-order valence-corrected chi connectivity index (χ3v) is 3.66. The lowest BCUT2D eigenvalue weighted by molar-refractivity contribution is -0.125. The van der Waals surface area contributed by atoms with Crippen LogP contribution in [0.3, 0.4) is 0 Å². The van der Waals surface area contributed by atoms with E-state index in [1.54, 1.807) is 18.3 Å². The van der Waals surface area contributed by atoms with Gasteiger partial charge >= 0.3 is 6.09 Å². The van der Waals surface area contributed by atoms with Crippen LogP contribution in [0.5, 0.6) is 0 Å². The van der Waals surface area contributed by atoms with Crippen molar-refractivity contribution in [3.63, 3.8) is 0 Å². The monoisotopic (exact) mass is 339 g/mol. The predicted octanol–water partition coefficient (Wildman–Crippen LogP) is 2.75. The highest BCUT2D eigenvalue weighted by Crippen LogP contribution is 2.21. The minimum absolute atomic E-state index is 0.177. The van der Waals surface area contributed by atoms with Gasteiger partial charge in [-0.15, -0.1) is 0 Å². The normalized spacial score (nSPS) is 17.9. The maximum atomic E-state index is 12.4. The Hall–Kier alpha value is -1.82. The van der Waals surface area contributed by atoms with Crippen molar-refractivity contribution in [3.05, 3.63) is 29.0 Å². The second-order valence-corrected chi connectivity index (χ2v) is 6.93. The number of likely N-dealkylation sites (tertiary alicyclic amines) is 1. The van der Waals surface area contributed by atoms with Crippen molar-refractivity contribution in [3.8, 4) is 0 Å². The predicted molar refractivity (Wildman–Crippen MR) is 87.1 cm³/mol. The maximum absolute atomic E-state index is 12.4. The van der Waals surface area contributed by atoms with Gasteiger partial charge in [-0.05, 0) is 45.2 Å². The number of nitrogens with zero attached hydrogens (tertiary/aromatic N) is 2. The number of carbonyl (C=O) groups excluding carboxylic acids is 2. The molecule has 1 atom stereocenters. The molecule has 1 unspecified atom stereocenters. The largest absolute Gasteiger partial charge is 0.444 e. The first-order valence-corrected chi connectivity index (χ1v) is 8.02. The average Bonchev–Trinajstić information content (AvgIpc) is 2.94. The summed E-state index contributed by atoms with van der Waals surface area (Å²) >= 11 is 5.73. The molecule has 1 N–H and O–H groups in total. The van der Waals surface area contributed by atoms with Gasteiger partial charge in [0.2, 0.25) is 5.91 Å². The van der Waals surface area contributed by atoms with Crippen molar-refractivity contribution in [2.75, 3.05) is 6.54 Å². The van der Waals surface area contributed by atoms with Crippen LogP contribution in [0.4, 0.5) is 4.79 Å². The molecule has 0 bridgehead atoms. The van der Waals surface area contributed by atoms with Gasteiger partial charge in [0.1, 0.15) is 16.8 Å². The van der Waals surface area contributed by atoms with E-state index in [1.165, 1.54) is 4.90 Å². The first-order chi connectivity index (χ1) is 10.8. The van der Waals surface area contributed by atoms with E-state index in [2.05, 4.69) is 10.3 Å². The fraction of sp³-hybridized carbons (Fsp3) is 0.562. The summed E-state index contributed by atoms with van der Waals surface area (Å²) in [5, 5.41) is 3.25. The molecular weight excluding hydrogens is 318 g/mol. The van der Waals surface area contributed by atoms with E-state index >= 15 is 0 Å². The molecule has 23 heavy (non-hydrogen) atoms. The Labute approximate surface area is 141 Å². The summed E-state index contributed by atoms with van der Waals surface area (Å²) in [6.45, 7) is 6.31. The zero-order chi connectivity index (χ0) is 17.0. The summed E-state index contributed by atoms with van der Waals surface area (Å²) in [4.78, 5) is 30.0. The second-order valence-electron chi connectivity index (χ2n) is 6.54. The fourth-order valence-electron chi connectivity index (χ4n) is 2.40. The van der Waals surface area contributed by atoms with Crippen LogP contribution >= 0.6 is 11.6 Å². The number of halogens is 1. The van der Waals surface area contributed by atoms with E-state index in [9.17, 15) is 9.59 Å². The van der Waals surface area contributed by atoms with E-state index in [1.807, 2.05) is 20.8 Å². The first kappa shape index (κ1) is 17.5. The Morgan fingerprint density at radius 1 is 1.43 bits per heavy atom. The van der Waals surface area contributed by atoms with Gasteiger partial charge in [0.05, 0.1) is 0 Å². The minimum atomic E-state index is -0.574. The van der Waals surface area contributed by atoms with E-state index in [4.69, 9.17) is 16.3 Å². The van der Waals surface area contributed by atoms with Crippen molar-refractivity contribution >= 4 is 23.6 Å². The summed E-state index contributed by atoms with van der Waals surface area (Å²) in [5.74, 6) is -0.177. The van der Waals surface area contributed by atoms with Crippen molar-refractivity contribution < 1.29 is 14.3 Å². The molecule has 1 aromatic heterocycles. The zero-order valence-electron chi connectivity index (χ0n) is 13.6. The first-order valence-electron chi connectivity index (χ1n) is 7.64. The fourth-order valence-corrected chi connectivity index (χ4v) is 2.51. The molecular formula is C16H22ClN3O3. The van der Waals surface area contributed by atoms with Crippen molar-refractivity contribution in [2.45, 2.75) is 51.8 Å². The molecule has 1 fully saturated rings. The molecule has 0 saturated carbocycles. The SMILES string of the molecule is CC(C)(C)OC(=O)N1CCCC1C(=O)NCc1ccc(Cl)nc1. The van der Waals surface area contributed by atoms with Gasteiger partial charge in [-0.3, -0.25) is 9.69 Å². The highest BCUT2D eigenvalue weighted by atomic mass is 35.5. The Bertz CT molecular complexity index is 569. The average molecular weight is 340 g/mol. The Morgan fingerprint density at radius 3 is 2.78 bits per heavy atom. The third-order valence-electron chi connectivity index (χ3n) is 3.44. The summed E-state index contributed by atoms with van der Waals surface area (Å²) < 4.78 is 5.36.